The second-order valence-corrected chi connectivity index (χ2v) is 5.55. The van der Waals surface area contributed by atoms with E-state index in [1.807, 2.05) is 6.92 Å². The molecule has 0 unspecified atom stereocenters. The Morgan fingerprint density at radius 1 is 1.47 bits per heavy atom. The first-order valence-corrected chi connectivity index (χ1v) is 6.97. The molecule has 2 saturated heterocycles. The Kier molecular flexibility index (Phi) is 3.18. The molecule has 6 nitrogen and oxygen atoms in total. The van der Waals surface area contributed by atoms with Crippen LogP contribution < -0.4 is 11.1 Å². The number of hydrogen-bond donors (Lipinski definition) is 2. The van der Waals surface area contributed by atoms with E-state index in [1.54, 1.807) is 10.7 Å². The zero-order valence-electron chi connectivity index (χ0n) is 11.3. The van der Waals surface area contributed by atoms with Crippen LogP contribution >= 0.6 is 0 Å². The van der Waals surface area contributed by atoms with Gasteiger partial charge in [0.1, 0.15) is 12.4 Å². The van der Waals surface area contributed by atoms with Gasteiger partial charge in [-0.15, -0.1) is 0 Å². The Hall–Kier alpha value is -1.56. The number of rotatable bonds is 2. The summed E-state index contributed by atoms with van der Waals surface area (Å²) in [4.78, 5) is 14.6. The summed E-state index contributed by atoms with van der Waals surface area (Å²) < 4.78 is 1.61. The maximum Gasteiger partial charge on any atom is 0.244 e. The number of nitrogen functional groups attached to an aromatic ring is 1. The van der Waals surface area contributed by atoms with Gasteiger partial charge in [0.05, 0.1) is 5.69 Å². The molecular weight excluding hydrogens is 242 g/mol. The number of nitrogens with one attached hydrogen (secondary N) is 1. The van der Waals surface area contributed by atoms with Crippen LogP contribution in [0.15, 0.2) is 6.07 Å². The molecule has 3 rings (SSSR count). The number of carbonyl (C=O) groups is 1. The Balaban J connectivity index is 1.75. The van der Waals surface area contributed by atoms with E-state index >= 15 is 0 Å². The Bertz CT molecular complexity index is 469. The van der Waals surface area contributed by atoms with Crippen molar-refractivity contribution >= 4 is 11.7 Å². The number of nitrogens with two attached hydrogens (primary N) is 1. The molecule has 1 aromatic heterocycles. The average molecular weight is 263 g/mol. The molecule has 2 bridgehead atoms. The van der Waals surface area contributed by atoms with Gasteiger partial charge < -0.3 is 16.0 Å². The van der Waals surface area contributed by atoms with Crippen LogP contribution in [-0.2, 0) is 11.3 Å². The Morgan fingerprint density at radius 3 is 3.00 bits per heavy atom. The first-order valence-electron chi connectivity index (χ1n) is 6.97. The van der Waals surface area contributed by atoms with Gasteiger partial charge in [0.25, 0.3) is 0 Å². The van der Waals surface area contributed by atoms with Gasteiger partial charge in [-0.1, -0.05) is 0 Å². The molecule has 3 N–H and O–H groups in total. The maximum atomic E-state index is 12.5. The van der Waals surface area contributed by atoms with Crippen LogP contribution in [0.4, 0.5) is 5.82 Å². The summed E-state index contributed by atoms with van der Waals surface area (Å²) in [6.45, 7) is 4.06. The van der Waals surface area contributed by atoms with Gasteiger partial charge in [0, 0.05) is 24.7 Å². The summed E-state index contributed by atoms with van der Waals surface area (Å²) in [5.74, 6) is 0.706. The predicted molar refractivity (Wildman–Crippen MR) is 72.5 cm³/mol. The molecule has 6 heteroatoms. The average Bonchev–Trinajstić information content (AvgIpc) is 2.78. The second kappa shape index (κ2) is 4.85. The van der Waals surface area contributed by atoms with Crippen molar-refractivity contribution in [2.24, 2.45) is 0 Å². The summed E-state index contributed by atoms with van der Waals surface area (Å²) in [6, 6.07) is 2.54. The van der Waals surface area contributed by atoms with Gasteiger partial charge in [-0.2, -0.15) is 5.10 Å². The largest absolute Gasteiger partial charge is 0.384 e. The van der Waals surface area contributed by atoms with Crippen molar-refractivity contribution in [2.75, 3.05) is 18.8 Å². The normalized spacial score (nSPS) is 26.5. The number of aromatic nitrogens is 2. The fraction of sp³-hybridized carbons (Fsp3) is 0.692. The first-order chi connectivity index (χ1) is 9.15. The molecule has 0 radical (unpaired) electrons. The third-order valence-electron chi connectivity index (χ3n) is 4.16. The summed E-state index contributed by atoms with van der Waals surface area (Å²) >= 11 is 0. The van der Waals surface area contributed by atoms with Crippen LogP contribution in [0, 0.1) is 6.92 Å². The number of aryl methyl sites for hydroxylation is 1. The molecule has 0 spiro atoms. The smallest absolute Gasteiger partial charge is 0.244 e. The standard InChI is InChI=1S/C13H21N5O/c1-9-6-12(14)17(16-9)8-13(19)18-10-2-3-11(18)7-15-5-4-10/h6,10-11,15H,2-5,7-8,14H2,1H3/t10-,11+/m1/s1. The predicted octanol–water partition coefficient (Wildman–Crippen LogP) is 0.127. The molecule has 19 heavy (non-hydrogen) atoms. The number of nitrogens with zero attached hydrogens (tertiary/aromatic N) is 3. The van der Waals surface area contributed by atoms with Gasteiger partial charge in [-0.05, 0) is 32.7 Å². The topological polar surface area (TPSA) is 76.2 Å². The van der Waals surface area contributed by atoms with Crippen LogP contribution in [0.25, 0.3) is 0 Å². The van der Waals surface area contributed by atoms with Gasteiger partial charge in [-0.25, -0.2) is 4.68 Å². The van der Waals surface area contributed by atoms with E-state index in [2.05, 4.69) is 15.3 Å². The zero-order chi connectivity index (χ0) is 13.4. The van der Waals surface area contributed by atoms with E-state index in [-0.39, 0.29) is 12.5 Å². The Labute approximate surface area is 112 Å². The molecule has 104 valence electrons. The minimum absolute atomic E-state index is 0.144. The van der Waals surface area contributed by atoms with Gasteiger partial charge in [-0.3, -0.25) is 4.79 Å². The highest BCUT2D eigenvalue weighted by atomic mass is 16.2. The fourth-order valence-electron chi connectivity index (χ4n) is 3.29. The van der Waals surface area contributed by atoms with E-state index in [1.165, 1.54) is 0 Å². The van der Waals surface area contributed by atoms with Crippen LogP contribution in [-0.4, -0.2) is 45.8 Å². The molecule has 0 saturated carbocycles. The van der Waals surface area contributed by atoms with Crippen LogP contribution in [0.5, 0.6) is 0 Å². The molecule has 2 atom stereocenters. The van der Waals surface area contributed by atoms with Crippen molar-refractivity contribution in [3.8, 4) is 0 Å². The van der Waals surface area contributed by atoms with Crippen molar-refractivity contribution < 1.29 is 4.79 Å². The van der Waals surface area contributed by atoms with Crippen LogP contribution in [0.2, 0.25) is 0 Å². The number of amides is 1. The Morgan fingerprint density at radius 2 is 2.26 bits per heavy atom. The van der Waals surface area contributed by atoms with E-state index in [0.717, 1.165) is 38.0 Å². The SMILES string of the molecule is Cc1cc(N)n(CC(=O)N2[C@H]3CCNC[C@@H]2CC3)n1. The summed E-state index contributed by atoms with van der Waals surface area (Å²) in [6.07, 6.45) is 3.29. The van der Waals surface area contributed by atoms with Crippen molar-refractivity contribution in [3.63, 3.8) is 0 Å². The third-order valence-corrected chi connectivity index (χ3v) is 4.16. The number of fused-ring (bicyclic) bond motifs is 2. The lowest BCUT2D eigenvalue weighted by Gasteiger charge is -2.28. The second-order valence-electron chi connectivity index (χ2n) is 5.55. The highest BCUT2D eigenvalue weighted by Gasteiger charge is 2.37. The van der Waals surface area contributed by atoms with Crippen LogP contribution in [0.1, 0.15) is 25.0 Å². The van der Waals surface area contributed by atoms with E-state index < -0.39 is 0 Å². The summed E-state index contributed by atoms with van der Waals surface area (Å²) in [5.41, 5.74) is 6.70. The molecule has 3 heterocycles. The molecule has 0 aliphatic carbocycles. The van der Waals surface area contributed by atoms with Gasteiger partial charge in [0.15, 0.2) is 0 Å². The molecular formula is C13H21N5O. The third kappa shape index (κ3) is 2.32. The minimum atomic E-state index is 0.144. The number of anilines is 1. The molecule has 1 aromatic rings. The van der Waals surface area contributed by atoms with Crippen LogP contribution in [0.3, 0.4) is 0 Å². The van der Waals surface area contributed by atoms with E-state index in [4.69, 9.17) is 5.73 Å². The zero-order valence-corrected chi connectivity index (χ0v) is 11.3. The van der Waals surface area contributed by atoms with E-state index in [0.29, 0.717) is 17.9 Å². The van der Waals surface area contributed by atoms with Crippen molar-refractivity contribution in [1.29, 1.82) is 0 Å². The van der Waals surface area contributed by atoms with Crippen molar-refractivity contribution in [1.82, 2.24) is 20.0 Å². The number of carbonyl (C=O) groups excluding carboxylic acids is 1. The fourth-order valence-corrected chi connectivity index (χ4v) is 3.29. The number of hydrogen-bond acceptors (Lipinski definition) is 4. The maximum absolute atomic E-state index is 12.5. The molecule has 1 amide bonds. The first kappa shape index (κ1) is 12.5. The van der Waals surface area contributed by atoms with E-state index in [9.17, 15) is 4.79 Å². The molecule has 2 aliphatic rings. The van der Waals surface area contributed by atoms with Gasteiger partial charge in [0.2, 0.25) is 5.91 Å². The lowest BCUT2D eigenvalue weighted by atomic mass is 10.1. The minimum Gasteiger partial charge on any atom is -0.384 e. The lowest BCUT2D eigenvalue weighted by molar-refractivity contribution is -0.134. The molecule has 2 fully saturated rings. The highest BCUT2D eigenvalue weighted by Crippen LogP contribution is 2.28. The summed E-state index contributed by atoms with van der Waals surface area (Å²) in [5, 5.41) is 7.67. The van der Waals surface area contributed by atoms with Crippen molar-refractivity contribution in [3.05, 3.63) is 11.8 Å². The van der Waals surface area contributed by atoms with Crippen molar-refractivity contribution in [2.45, 2.75) is 44.8 Å². The van der Waals surface area contributed by atoms with Gasteiger partial charge >= 0.3 is 0 Å². The monoisotopic (exact) mass is 263 g/mol. The highest BCUT2D eigenvalue weighted by molar-refractivity contribution is 5.77. The quantitative estimate of drug-likeness (QED) is 0.795. The lowest BCUT2D eigenvalue weighted by Crippen LogP contribution is -2.44. The summed E-state index contributed by atoms with van der Waals surface area (Å²) in [7, 11) is 0. The molecule has 0 aromatic carbocycles. The molecule has 2 aliphatic heterocycles.